The number of nitrogens with one attached hydrogen (secondary N) is 2. The molecule has 2 unspecified atom stereocenters. The van der Waals surface area contributed by atoms with Crippen molar-refractivity contribution >= 4 is 17.9 Å². The van der Waals surface area contributed by atoms with Gasteiger partial charge < -0.3 is 15.1 Å². The maximum atomic E-state index is 12.6. The van der Waals surface area contributed by atoms with E-state index >= 15 is 0 Å². The number of guanidine groups is 1. The number of imide groups is 1. The molecule has 2 saturated heterocycles. The molecule has 29 heavy (non-hydrogen) atoms. The van der Waals surface area contributed by atoms with Crippen LogP contribution in [0.1, 0.15) is 51.0 Å². The second-order valence-electron chi connectivity index (χ2n) is 7.84. The van der Waals surface area contributed by atoms with Crippen LogP contribution in [0.15, 0.2) is 35.3 Å². The number of likely N-dealkylation sites (N-methyl/N-ethyl adjacent to an activating group) is 1. The number of nitrogens with zero attached hydrogens (tertiary/aromatic N) is 3. The Balaban J connectivity index is 1.65. The van der Waals surface area contributed by atoms with Gasteiger partial charge in [0.15, 0.2) is 12.0 Å². The molecular formula is C22H33N5O2. The molecule has 3 amide bonds. The van der Waals surface area contributed by atoms with Crippen molar-refractivity contribution in [1.29, 1.82) is 0 Å². The van der Waals surface area contributed by atoms with Crippen molar-refractivity contribution in [3.63, 3.8) is 0 Å². The number of fused-ring (bicyclic) bond motifs is 1. The van der Waals surface area contributed by atoms with E-state index in [9.17, 15) is 9.59 Å². The Kier molecular flexibility index (Phi) is 7.49. The van der Waals surface area contributed by atoms with Crippen LogP contribution in [0.2, 0.25) is 0 Å². The smallest absolute Gasteiger partial charge is 0.325 e. The van der Waals surface area contributed by atoms with Gasteiger partial charge in [0.25, 0.3) is 5.91 Å². The summed E-state index contributed by atoms with van der Waals surface area (Å²) in [7, 11) is 1.71. The highest BCUT2D eigenvalue weighted by molar-refractivity contribution is 6.04. The van der Waals surface area contributed by atoms with E-state index in [4.69, 9.17) is 4.99 Å². The first kappa shape index (κ1) is 21.1. The molecule has 2 heterocycles. The van der Waals surface area contributed by atoms with Gasteiger partial charge in [-0.1, -0.05) is 69.4 Å². The minimum Gasteiger partial charge on any atom is -0.334 e. The van der Waals surface area contributed by atoms with Crippen LogP contribution in [-0.2, 0) is 11.2 Å². The molecule has 2 N–H and O–H groups in total. The number of benzene rings is 1. The lowest BCUT2D eigenvalue weighted by Gasteiger charge is -2.35. The summed E-state index contributed by atoms with van der Waals surface area (Å²) in [6.45, 7) is 3.62. The number of carbonyl (C=O) groups excluding carboxylic acids is 2. The number of rotatable bonds is 10. The van der Waals surface area contributed by atoms with Gasteiger partial charge in [0, 0.05) is 20.1 Å². The van der Waals surface area contributed by atoms with E-state index in [2.05, 4.69) is 29.7 Å². The molecule has 0 spiro atoms. The molecule has 0 aromatic heterocycles. The lowest BCUT2D eigenvalue weighted by atomic mass is 10.1. The summed E-state index contributed by atoms with van der Waals surface area (Å²) >= 11 is 0. The molecule has 0 saturated carbocycles. The zero-order chi connectivity index (χ0) is 20.6. The molecule has 3 rings (SSSR count). The normalized spacial score (nSPS) is 22.6. The number of carbonyl (C=O) groups is 2. The van der Waals surface area contributed by atoms with Gasteiger partial charge in [-0.3, -0.25) is 15.1 Å². The van der Waals surface area contributed by atoms with Gasteiger partial charge in [-0.2, -0.15) is 0 Å². The summed E-state index contributed by atoms with van der Waals surface area (Å²) < 4.78 is 0. The van der Waals surface area contributed by atoms with Crippen LogP contribution < -0.4 is 10.6 Å². The second kappa shape index (κ2) is 10.3. The number of hydrogen-bond acceptors (Lipinski definition) is 3. The van der Waals surface area contributed by atoms with Crippen molar-refractivity contribution in [2.75, 3.05) is 20.1 Å². The highest BCUT2D eigenvalue weighted by atomic mass is 16.2. The summed E-state index contributed by atoms with van der Waals surface area (Å²) in [6, 6.07) is 9.46. The predicted molar refractivity (Wildman–Crippen MR) is 115 cm³/mol. The van der Waals surface area contributed by atoms with Gasteiger partial charge in [0.2, 0.25) is 0 Å². The van der Waals surface area contributed by atoms with E-state index in [0.717, 1.165) is 31.8 Å². The lowest BCUT2D eigenvalue weighted by molar-refractivity contribution is -0.127. The molecule has 2 aliphatic heterocycles. The third-order valence-corrected chi connectivity index (χ3v) is 5.68. The van der Waals surface area contributed by atoms with Crippen LogP contribution in [0.25, 0.3) is 0 Å². The van der Waals surface area contributed by atoms with Crippen molar-refractivity contribution in [3.8, 4) is 0 Å². The zero-order valence-electron chi connectivity index (χ0n) is 17.6. The molecule has 0 bridgehead atoms. The number of hydrogen-bond donors (Lipinski definition) is 2. The molecular weight excluding hydrogens is 366 g/mol. The van der Waals surface area contributed by atoms with Crippen molar-refractivity contribution in [1.82, 2.24) is 20.4 Å². The number of unbranched alkanes of at least 4 members (excludes halogenated alkanes) is 5. The fourth-order valence-corrected chi connectivity index (χ4v) is 3.96. The van der Waals surface area contributed by atoms with Gasteiger partial charge in [0.05, 0.1) is 0 Å². The van der Waals surface area contributed by atoms with Gasteiger partial charge >= 0.3 is 6.03 Å². The largest absolute Gasteiger partial charge is 0.334 e. The summed E-state index contributed by atoms with van der Waals surface area (Å²) in [5.41, 5.74) is 1.24. The highest BCUT2D eigenvalue weighted by Crippen LogP contribution is 2.21. The van der Waals surface area contributed by atoms with E-state index in [1.807, 2.05) is 23.1 Å². The Morgan fingerprint density at radius 2 is 1.76 bits per heavy atom. The SMILES string of the molecule is CCCCCCCCN1C(=NCCc2ccccc2)NC2C1C(=O)NC(=O)N2C. The van der Waals surface area contributed by atoms with E-state index in [0.29, 0.717) is 6.54 Å². The van der Waals surface area contributed by atoms with Crippen LogP contribution in [-0.4, -0.2) is 60.0 Å². The number of aliphatic imine (C=N–C) groups is 1. The van der Waals surface area contributed by atoms with E-state index < -0.39 is 6.04 Å². The van der Waals surface area contributed by atoms with Crippen molar-refractivity contribution in [2.45, 2.75) is 64.1 Å². The molecule has 2 fully saturated rings. The topological polar surface area (TPSA) is 77.0 Å². The maximum Gasteiger partial charge on any atom is 0.325 e. The number of urea groups is 1. The minimum atomic E-state index is -0.427. The van der Waals surface area contributed by atoms with E-state index in [1.165, 1.54) is 31.2 Å². The van der Waals surface area contributed by atoms with Crippen LogP contribution in [0.5, 0.6) is 0 Å². The van der Waals surface area contributed by atoms with Gasteiger partial charge in [-0.05, 0) is 18.4 Å². The molecule has 0 aliphatic carbocycles. The average molecular weight is 400 g/mol. The standard InChI is InChI=1S/C22H33N5O2/c1-3-4-5-6-7-11-16-27-18-19(26(2)22(29)25-20(18)28)24-21(27)23-15-14-17-12-9-8-10-13-17/h8-10,12-13,18-19H,3-7,11,14-16H2,1-2H3,(H,23,24)(H,25,28,29). The fraction of sp³-hybridized carbons (Fsp3) is 0.591. The van der Waals surface area contributed by atoms with E-state index in [-0.39, 0.29) is 18.1 Å². The molecule has 2 aliphatic rings. The predicted octanol–water partition coefficient (Wildman–Crippen LogP) is 2.73. The third kappa shape index (κ3) is 5.28. The molecule has 1 aromatic carbocycles. The molecule has 1 aromatic rings. The first-order valence-electron chi connectivity index (χ1n) is 10.8. The van der Waals surface area contributed by atoms with Crippen LogP contribution in [0.4, 0.5) is 4.79 Å². The monoisotopic (exact) mass is 399 g/mol. The Labute approximate surface area is 173 Å². The zero-order valence-corrected chi connectivity index (χ0v) is 17.6. The third-order valence-electron chi connectivity index (χ3n) is 5.68. The Hall–Kier alpha value is -2.57. The molecule has 158 valence electrons. The van der Waals surface area contributed by atoms with Crippen LogP contribution in [0, 0.1) is 0 Å². The first-order chi connectivity index (χ1) is 14.1. The highest BCUT2D eigenvalue weighted by Gasteiger charge is 2.49. The number of amides is 3. The second-order valence-corrected chi connectivity index (χ2v) is 7.84. The fourth-order valence-electron chi connectivity index (χ4n) is 3.96. The Morgan fingerprint density at radius 3 is 2.52 bits per heavy atom. The minimum absolute atomic E-state index is 0.246. The maximum absolute atomic E-state index is 12.6. The van der Waals surface area contributed by atoms with Crippen LogP contribution in [0.3, 0.4) is 0 Å². The van der Waals surface area contributed by atoms with Crippen molar-refractivity contribution < 1.29 is 9.59 Å². The van der Waals surface area contributed by atoms with Crippen molar-refractivity contribution in [2.24, 2.45) is 4.99 Å². The first-order valence-corrected chi connectivity index (χ1v) is 10.8. The van der Waals surface area contributed by atoms with Gasteiger partial charge in [0.1, 0.15) is 6.17 Å². The van der Waals surface area contributed by atoms with Gasteiger partial charge in [-0.25, -0.2) is 4.79 Å². The van der Waals surface area contributed by atoms with Crippen molar-refractivity contribution in [3.05, 3.63) is 35.9 Å². The molecule has 0 radical (unpaired) electrons. The van der Waals surface area contributed by atoms with Crippen LogP contribution >= 0.6 is 0 Å². The molecule has 7 nitrogen and oxygen atoms in total. The summed E-state index contributed by atoms with van der Waals surface area (Å²) in [6.07, 6.45) is 7.61. The quantitative estimate of drug-likeness (QED) is 0.593. The molecule has 2 atom stereocenters. The van der Waals surface area contributed by atoms with Gasteiger partial charge in [-0.15, -0.1) is 0 Å². The van der Waals surface area contributed by atoms with E-state index in [1.54, 1.807) is 11.9 Å². The average Bonchev–Trinajstić information content (AvgIpc) is 3.09. The Bertz CT molecular complexity index is 721. The summed E-state index contributed by atoms with van der Waals surface area (Å²) in [4.78, 5) is 32.9. The molecule has 7 heteroatoms. The lowest BCUT2D eigenvalue weighted by Crippen LogP contribution is -2.64. The summed E-state index contributed by atoms with van der Waals surface area (Å²) in [5, 5.41) is 5.78. The Morgan fingerprint density at radius 1 is 1.03 bits per heavy atom. The summed E-state index contributed by atoms with van der Waals surface area (Å²) in [5.74, 6) is 0.478.